The number of hydrogen-bond acceptors (Lipinski definition) is 2. The van der Waals surface area contributed by atoms with Crippen molar-refractivity contribution >= 4 is 11.6 Å². The van der Waals surface area contributed by atoms with E-state index in [1.165, 1.54) is 31.2 Å². The fourth-order valence-electron chi connectivity index (χ4n) is 1.85. The van der Waals surface area contributed by atoms with Crippen LogP contribution in [-0.2, 0) is 0 Å². The molecule has 0 aromatic heterocycles. The Morgan fingerprint density at radius 1 is 1.10 bits per heavy atom. The number of aryl methyl sites for hydroxylation is 2. The Labute approximate surface area is 114 Å². The second kappa shape index (κ2) is 5.28. The SMILES string of the molecule is Cc1cc(O)ccc1C(=O)Nc1c(F)ccc(C)c1F. The first-order chi connectivity index (χ1) is 9.40. The van der Waals surface area contributed by atoms with E-state index in [1.807, 2.05) is 0 Å². The van der Waals surface area contributed by atoms with E-state index < -0.39 is 23.2 Å². The maximum absolute atomic E-state index is 13.8. The molecule has 0 aliphatic carbocycles. The van der Waals surface area contributed by atoms with Crippen molar-refractivity contribution in [1.29, 1.82) is 0 Å². The third-order valence-corrected chi connectivity index (χ3v) is 2.98. The van der Waals surface area contributed by atoms with Crippen LogP contribution in [0.4, 0.5) is 14.5 Å². The molecule has 0 heterocycles. The monoisotopic (exact) mass is 277 g/mol. The zero-order chi connectivity index (χ0) is 14.9. The maximum Gasteiger partial charge on any atom is 0.256 e. The van der Waals surface area contributed by atoms with E-state index in [0.29, 0.717) is 5.56 Å². The lowest BCUT2D eigenvalue weighted by Crippen LogP contribution is -2.16. The third kappa shape index (κ3) is 2.61. The second-order valence-electron chi connectivity index (χ2n) is 4.51. The van der Waals surface area contributed by atoms with Gasteiger partial charge in [0.05, 0.1) is 0 Å². The molecule has 2 aromatic carbocycles. The normalized spacial score (nSPS) is 10.4. The number of carbonyl (C=O) groups is 1. The van der Waals surface area contributed by atoms with E-state index in [9.17, 15) is 18.7 Å². The molecule has 20 heavy (non-hydrogen) atoms. The molecule has 104 valence electrons. The number of carbonyl (C=O) groups excluding carboxylic acids is 1. The first kappa shape index (κ1) is 14.0. The number of nitrogens with one attached hydrogen (secondary N) is 1. The summed E-state index contributed by atoms with van der Waals surface area (Å²) in [5, 5.41) is 11.5. The van der Waals surface area contributed by atoms with Crippen molar-refractivity contribution in [2.45, 2.75) is 13.8 Å². The van der Waals surface area contributed by atoms with Crippen molar-refractivity contribution < 1.29 is 18.7 Å². The number of benzene rings is 2. The molecule has 0 atom stereocenters. The number of amides is 1. The van der Waals surface area contributed by atoms with Gasteiger partial charge in [0.1, 0.15) is 17.3 Å². The molecule has 0 aliphatic heterocycles. The summed E-state index contributed by atoms with van der Waals surface area (Å²) in [6.07, 6.45) is 0. The molecule has 0 radical (unpaired) electrons. The van der Waals surface area contributed by atoms with Crippen LogP contribution >= 0.6 is 0 Å². The molecule has 0 spiro atoms. The number of anilines is 1. The van der Waals surface area contributed by atoms with Crippen molar-refractivity contribution in [1.82, 2.24) is 0 Å². The van der Waals surface area contributed by atoms with Gasteiger partial charge in [0.25, 0.3) is 5.91 Å². The van der Waals surface area contributed by atoms with Crippen LogP contribution in [0.2, 0.25) is 0 Å². The van der Waals surface area contributed by atoms with E-state index >= 15 is 0 Å². The first-order valence-electron chi connectivity index (χ1n) is 5.95. The highest BCUT2D eigenvalue weighted by Gasteiger charge is 2.16. The molecule has 0 fully saturated rings. The number of hydrogen-bond donors (Lipinski definition) is 2. The minimum absolute atomic E-state index is 0.0203. The van der Waals surface area contributed by atoms with Crippen LogP contribution in [0, 0.1) is 25.5 Å². The highest BCUT2D eigenvalue weighted by Crippen LogP contribution is 2.23. The van der Waals surface area contributed by atoms with Gasteiger partial charge in [0.2, 0.25) is 0 Å². The van der Waals surface area contributed by atoms with Crippen molar-refractivity contribution in [3.8, 4) is 5.75 Å². The topological polar surface area (TPSA) is 49.3 Å². The summed E-state index contributed by atoms with van der Waals surface area (Å²) in [6, 6.07) is 6.53. The first-order valence-corrected chi connectivity index (χ1v) is 5.95. The van der Waals surface area contributed by atoms with E-state index in [-0.39, 0.29) is 16.9 Å². The van der Waals surface area contributed by atoms with Gasteiger partial charge in [-0.15, -0.1) is 0 Å². The number of phenolic OH excluding ortho intramolecular Hbond substituents is 1. The van der Waals surface area contributed by atoms with Crippen LogP contribution in [0.5, 0.6) is 5.75 Å². The van der Waals surface area contributed by atoms with Crippen LogP contribution in [0.3, 0.4) is 0 Å². The van der Waals surface area contributed by atoms with Crippen LogP contribution in [0.1, 0.15) is 21.5 Å². The van der Waals surface area contributed by atoms with E-state index in [2.05, 4.69) is 5.32 Å². The Bertz CT molecular complexity index is 684. The predicted octanol–water partition coefficient (Wildman–Crippen LogP) is 3.54. The summed E-state index contributed by atoms with van der Waals surface area (Å²) in [6.45, 7) is 3.10. The molecule has 0 unspecified atom stereocenters. The Kier molecular flexibility index (Phi) is 3.70. The maximum atomic E-state index is 13.8. The molecular formula is C15H13F2NO2. The minimum Gasteiger partial charge on any atom is -0.508 e. The lowest BCUT2D eigenvalue weighted by Gasteiger charge is -2.11. The van der Waals surface area contributed by atoms with Gasteiger partial charge < -0.3 is 10.4 Å². The molecule has 2 aromatic rings. The quantitative estimate of drug-likeness (QED) is 0.882. The molecule has 2 rings (SSSR count). The third-order valence-electron chi connectivity index (χ3n) is 2.98. The zero-order valence-electron chi connectivity index (χ0n) is 11.0. The van der Waals surface area contributed by atoms with Gasteiger partial charge >= 0.3 is 0 Å². The van der Waals surface area contributed by atoms with Crippen LogP contribution in [0.25, 0.3) is 0 Å². The van der Waals surface area contributed by atoms with Crippen molar-refractivity contribution in [3.63, 3.8) is 0 Å². The molecule has 2 N–H and O–H groups in total. The van der Waals surface area contributed by atoms with Crippen molar-refractivity contribution in [3.05, 3.63) is 58.7 Å². The average molecular weight is 277 g/mol. The minimum atomic E-state index is -0.835. The van der Waals surface area contributed by atoms with Gasteiger partial charge in [0, 0.05) is 5.56 Å². The van der Waals surface area contributed by atoms with E-state index in [1.54, 1.807) is 6.92 Å². The van der Waals surface area contributed by atoms with Crippen molar-refractivity contribution in [2.75, 3.05) is 5.32 Å². The summed E-state index contributed by atoms with van der Waals surface area (Å²) in [7, 11) is 0. The number of phenols is 1. The average Bonchev–Trinajstić information content (AvgIpc) is 2.39. The lowest BCUT2D eigenvalue weighted by molar-refractivity contribution is 0.102. The van der Waals surface area contributed by atoms with Crippen LogP contribution < -0.4 is 5.32 Å². The molecule has 0 saturated heterocycles. The summed E-state index contributed by atoms with van der Waals surface area (Å²) in [5.74, 6) is -2.24. The van der Waals surface area contributed by atoms with E-state index in [0.717, 1.165) is 6.07 Å². The smallest absolute Gasteiger partial charge is 0.256 e. The second-order valence-corrected chi connectivity index (χ2v) is 4.51. The molecule has 0 aliphatic rings. The molecule has 3 nitrogen and oxygen atoms in total. The molecular weight excluding hydrogens is 264 g/mol. The summed E-state index contributed by atoms with van der Waals surface area (Å²) in [4.78, 5) is 12.0. The summed E-state index contributed by atoms with van der Waals surface area (Å²) >= 11 is 0. The Morgan fingerprint density at radius 2 is 1.80 bits per heavy atom. The molecule has 1 amide bonds. The highest BCUT2D eigenvalue weighted by molar-refractivity contribution is 6.05. The van der Waals surface area contributed by atoms with E-state index in [4.69, 9.17) is 0 Å². The predicted molar refractivity (Wildman–Crippen MR) is 71.9 cm³/mol. The summed E-state index contributed by atoms with van der Waals surface area (Å²) < 4.78 is 27.4. The number of halogens is 2. The Balaban J connectivity index is 2.35. The fourth-order valence-corrected chi connectivity index (χ4v) is 1.85. The zero-order valence-corrected chi connectivity index (χ0v) is 11.0. The van der Waals surface area contributed by atoms with Gasteiger partial charge in [-0.3, -0.25) is 4.79 Å². The molecule has 5 heteroatoms. The van der Waals surface area contributed by atoms with Crippen LogP contribution in [0.15, 0.2) is 30.3 Å². The highest BCUT2D eigenvalue weighted by atomic mass is 19.1. The van der Waals surface area contributed by atoms with Gasteiger partial charge in [-0.2, -0.15) is 0 Å². The van der Waals surface area contributed by atoms with Gasteiger partial charge in [-0.05, 0) is 49.2 Å². The largest absolute Gasteiger partial charge is 0.508 e. The van der Waals surface area contributed by atoms with Crippen molar-refractivity contribution in [2.24, 2.45) is 0 Å². The van der Waals surface area contributed by atoms with Gasteiger partial charge in [-0.1, -0.05) is 6.07 Å². The number of rotatable bonds is 2. The molecule has 0 bridgehead atoms. The standard InChI is InChI=1S/C15H13F2NO2/c1-8-3-6-12(16)14(13(8)17)18-15(20)11-5-4-10(19)7-9(11)2/h3-7,19H,1-2H3,(H,18,20). The van der Waals surface area contributed by atoms with Gasteiger partial charge in [-0.25, -0.2) is 8.78 Å². The fraction of sp³-hybridized carbons (Fsp3) is 0.133. The summed E-state index contributed by atoms with van der Waals surface area (Å²) in [5.41, 5.74) is 0.519. The molecule has 0 saturated carbocycles. The number of aromatic hydroxyl groups is 1. The van der Waals surface area contributed by atoms with Crippen LogP contribution in [-0.4, -0.2) is 11.0 Å². The lowest BCUT2D eigenvalue weighted by atomic mass is 10.1. The van der Waals surface area contributed by atoms with Gasteiger partial charge in [0.15, 0.2) is 5.82 Å². The Hall–Kier alpha value is -2.43. The Morgan fingerprint density at radius 3 is 2.45 bits per heavy atom.